The largest absolute Gasteiger partial charge is 0.0658 e. The third-order valence-corrected chi connectivity index (χ3v) is 9.16. The van der Waals surface area contributed by atoms with Crippen molar-refractivity contribution in [2.45, 2.75) is 225 Å². The Balaban J connectivity index is 3.00. The quantitative estimate of drug-likeness (QED) is 0.0593. The molecule has 0 aromatic heterocycles. The summed E-state index contributed by atoms with van der Waals surface area (Å²) < 4.78 is 0. The summed E-state index contributed by atoms with van der Waals surface area (Å²) in [5.74, 6) is 0. The van der Waals surface area contributed by atoms with Gasteiger partial charge in [-0.2, -0.15) is 0 Å². The Bertz CT molecular complexity index is 319. The summed E-state index contributed by atoms with van der Waals surface area (Å²) in [6.45, 7) is 2.31. The van der Waals surface area contributed by atoms with Crippen LogP contribution >= 0.6 is 0 Å². The van der Waals surface area contributed by atoms with Gasteiger partial charge in [0.15, 0.2) is 0 Å². The SMILES string of the molecule is CCCCCCCCCCCCCCCCCCCCCCCCCCCCCCCCCCC[SiH3]. The third kappa shape index (κ3) is 34.2. The molecular weight excluding hydrogens is 448 g/mol. The first-order valence-electron chi connectivity index (χ1n) is 17.9. The molecule has 218 valence electrons. The zero-order valence-corrected chi connectivity index (χ0v) is 28.0. The van der Waals surface area contributed by atoms with Crippen molar-refractivity contribution in [2.75, 3.05) is 0 Å². The summed E-state index contributed by atoms with van der Waals surface area (Å²) in [6.07, 6.45) is 49.2. The van der Waals surface area contributed by atoms with E-state index in [9.17, 15) is 0 Å². The molecule has 0 aliphatic carbocycles. The van der Waals surface area contributed by atoms with Gasteiger partial charge in [-0.15, -0.1) is 0 Å². The van der Waals surface area contributed by atoms with Crippen molar-refractivity contribution in [3.8, 4) is 0 Å². The van der Waals surface area contributed by atoms with Crippen LogP contribution in [0, 0.1) is 0 Å². The van der Waals surface area contributed by atoms with Gasteiger partial charge in [0, 0.05) is 10.2 Å². The Kier molecular flexibility index (Phi) is 35.4. The van der Waals surface area contributed by atoms with Gasteiger partial charge in [0.2, 0.25) is 0 Å². The summed E-state index contributed by atoms with van der Waals surface area (Å²) in [5, 5.41) is 0. The molecule has 0 bridgehead atoms. The minimum atomic E-state index is 1.38. The summed E-state index contributed by atoms with van der Waals surface area (Å²) in [7, 11) is 1.41. The van der Waals surface area contributed by atoms with Crippen LogP contribution in [0.4, 0.5) is 0 Å². The smallest absolute Gasteiger partial charge is 0.00279 e. The fourth-order valence-electron chi connectivity index (χ4n) is 5.80. The number of hydrogen-bond acceptors (Lipinski definition) is 0. The van der Waals surface area contributed by atoms with Crippen LogP contribution in [0.1, 0.15) is 219 Å². The van der Waals surface area contributed by atoms with E-state index in [2.05, 4.69) is 6.92 Å². The first kappa shape index (κ1) is 36.2. The Morgan fingerprint density at radius 3 is 0.500 bits per heavy atom. The van der Waals surface area contributed by atoms with Crippen LogP contribution < -0.4 is 0 Å². The molecule has 0 spiro atoms. The molecule has 0 aromatic rings. The van der Waals surface area contributed by atoms with Gasteiger partial charge in [-0.1, -0.05) is 225 Å². The van der Waals surface area contributed by atoms with Gasteiger partial charge in [-0.25, -0.2) is 0 Å². The zero-order valence-electron chi connectivity index (χ0n) is 26.0. The van der Waals surface area contributed by atoms with E-state index in [1.54, 1.807) is 0 Å². The van der Waals surface area contributed by atoms with E-state index >= 15 is 0 Å². The van der Waals surface area contributed by atoms with Crippen molar-refractivity contribution in [3.05, 3.63) is 0 Å². The maximum atomic E-state index is 2.31. The van der Waals surface area contributed by atoms with E-state index < -0.39 is 0 Å². The predicted molar refractivity (Wildman–Crippen MR) is 173 cm³/mol. The predicted octanol–water partition coefficient (Wildman–Crippen LogP) is 12.7. The lowest BCUT2D eigenvalue weighted by Crippen LogP contribution is -1.85. The van der Waals surface area contributed by atoms with Gasteiger partial charge < -0.3 is 0 Å². The highest BCUT2D eigenvalue weighted by Crippen LogP contribution is 2.17. The second kappa shape index (κ2) is 35.2. The summed E-state index contributed by atoms with van der Waals surface area (Å²) in [5.41, 5.74) is 0. The minimum absolute atomic E-state index is 1.38. The lowest BCUT2D eigenvalue weighted by Gasteiger charge is -2.05. The molecule has 0 saturated heterocycles. The summed E-state index contributed by atoms with van der Waals surface area (Å²) in [6, 6.07) is 1.51. The molecule has 0 unspecified atom stereocenters. The van der Waals surface area contributed by atoms with Gasteiger partial charge in [-0.05, 0) is 0 Å². The van der Waals surface area contributed by atoms with E-state index in [4.69, 9.17) is 0 Å². The van der Waals surface area contributed by atoms with Gasteiger partial charge in [-0.3, -0.25) is 0 Å². The summed E-state index contributed by atoms with van der Waals surface area (Å²) in [4.78, 5) is 0. The molecule has 1 heteroatoms. The van der Waals surface area contributed by atoms with Gasteiger partial charge in [0.05, 0.1) is 0 Å². The number of unbranched alkanes of at least 4 members (excludes halogenated alkanes) is 32. The van der Waals surface area contributed by atoms with Gasteiger partial charge in [0.25, 0.3) is 0 Å². The average Bonchev–Trinajstić information content (AvgIpc) is 2.89. The molecule has 0 saturated carbocycles. The van der Waals surface area contributed by atoms with Crippen molar-refractivity contribution in [3.63, 3.8) is 0 Å². The lowest BCUT2D eigenvalue weighted by atomic mass is 10.0. The van der Waals surface area contributed by atoms with Crippen molar-refractivity contribution < 1.29 is 0 Å². The van der Waals surface area contributed by atoms with Gasteiger partial charge >= 0.3 is 0 Å². The van der Waals surface area contributed by atoms with Gasteiger partial charge in [0.1, 0.15) is 0 Å². The van der Waals surface area contributed by atoms with E-state index in [-0.39, 0.29) is 0 Å². The van der Waals surface area contributed by atoms with Crippen LogP contribution in [-0.4, -0.2) is 10.2 Å². The molecular formula is C35H74Si. The lowest BCUT2D eigenvalue weighted by molar-refractivity contribution is 0.512. The number of rotatable bonds is 33. The Morgan fingerprint density at radius 2 is 0.361 bits per heavy atom. The molecule has 0 aliphatic heterocycles. The van der Waals surface area contributed by atoms with Crippen LogP contribution in [0.15, 0.2) is 0 Å². The molecule has 0 nitrogen and oxygen atoms in total. The van der Waals surface area contributed by atoms with Crippen molar-refractivity contribution in [1.82, 2.24) is 0 Å². The number of hydrogen-bond donors (Lipinski definition) is 0. The first-order chi connectivity index (χ1) is 17.9. The van der Waals surface area contributed by atoms with Crippen molar-refractivity contribution in [1.29, 1.82) is 0 Å². The molecule has 0 rings (SSSR count). The first-order valence-corrected chi connectivity index (χ1v) is 19.3. The van der Waals surface area contributed by atoms with Crippen molar-refractivity contribution in [2.24, 2.45) is 0 Å². The van der Waals surface area contributed by atoms with Crippen LogP contribution in [-0.2, 0) is 0 Å². The Morgan fingerprint density at radius 1 is 0.222 bits per heavy atom. The third-order valence-electron chi connectivity index (χ3n) is 8.46. The normalized spacial score (nSPS) is 11.6. The molecule has 0 radical (unpaired) electrons. The molecule has 0 heterocycles. The standard InChI is InChI=1S/C35H74Si/c1-2-3-4-5-6-7-8-9-10-11-12-13-14-15-16-17-18-19-20-21-22-23-24-25-26-27-28-29-30-31-32-33-34-35-36/h2-35H2,1,36H3. The highest BCUT2D eigenvalue weighted by Gasteiger charge is 1.97. The zero-order chi connectivity index (χ0) is 26.0. The minimum Gasteiger partial charge on any atom is -0.0658 e. The van der Waals surface area contributed by atoms with E-state index in [1.807, 2.05) is 0 Å². The molecule has 36 heavy (non-hydrogen) atoms. The molecule has 0 aliphatic rings. The highest BCUT2D eigenvalue weighted by molar-refractivity contribution is 6.08. The van der Waals surface area contributed by atoms with E-state index in [0.29, 0.717) is 0 Å². The molecule has 0 N–H and O–H groups in total. The van der Waals surface area contributed by atoms with Crippen LogP contribution in [0.3, 0.4) is 0 Å². The molecule has 0 amide bonds. The summed E-state index contributed by atoms with van der Waals surface area (Å²) >= 11 is 0. The highest BCUT2D eigenvalue weighted by atomic mass is 28.1. The Labute approximate surface area is 234 Å². The van der Waals surface area contributed by atoms with E-state index in [1.165, 1.54) is 228 Å². The average molecular weight is 523 g/mol. The molecule has 0 aromatic carbocycles. The monoisotopic (exact) mass is 523 g/mol. The van der Waals surface area contributed by atoms with Crippen LogP contribution in [0.2, 0.25) is 6.04 Å². The second-order valence-corrected chi connectivity index (χ2v) is 13.3. The molecule has 0 fully saturated rings. The second-order valence-electron chi connectivity index (χ2n) is 12.3. The fourth-order valence-corrected chi connectivity index (χ4v) is 6.30. The van der Waals surface area contributed by atoms with E-state index in [0.717, 1.165) is 0 Å². The van der Waals surface area contributed by atoms with Crippen LogP contribution in [0.5, 0.6) is 0 Å². The fraction of sp³-hybridized carbons (Fsp3) is 1.00. The van der Waals surface area contributed by atoms with Crippen LogP contribution in [0.25, 0.3) is 0 Å². The maximum Gasteiger partial charge on any atom is 0.00279 e. The maximum absolute atomic E-state index is 2.31. The Hall–Kier alpha value is 0.217. The molecule has 0 atom stereocenters. The van der Waals surface area contributed by atoms with Crippen molar-refractivity contribution >= 4 is 10.2 Å². The topological polar surface area (TPSA) is 0 Å².